The fourth-order valence-corrected chi connectivity index (χ4v) is 1.65. The van der Waals surface area contributed by atoms with Gasteiger partial charge in [0.2, 0.25) is 5.91 Å². The van der Waals surface area contributed by atoms with E-state index in [2.05, 4.69) is 16.0 Å². The number of carbonyl (C=O) groups excluding carboxylic acids is 2. The van der Waals surface area contributed by atoms with Gasteiger partial charge in [0.15, 0.2) is 0 Å². The first-order chi connectivity index (χ1) is 9.31. The highest BCUT2D eigenvalue weighted by atomic mass is 16.2. The van der Waals surface area contributed by atoms with Crippen LogP contribution in [-0.2, 0) is 4.79 Å². The van der Waals surface area contributed by atoms with E-state index >= 15 is 0 Å². The summed E-state index contributed by atoms with van der Waals surface area (Å²) >= 11 is 0. The smallest absolute Gasteiger partial charge is 0.251 e. The molecule has 0 saturated carbocycles. The molecular weight excluding hydrogens is 254 g/mol. The van der Waals surface area contributed by atoms with Crippen molar-refractivity contribution < 1.29 is 9.59 Å². The fraction of sp³-hybridized carbons (Fsp3) is 0.467. The van der Waals surface area contributed by atoms with Gasteiger partial charge in [-0.3, -0.25) is 9.59 Å². The lowest BCUT2D eigenvalue weighted by Crippen LogP contribution is -2.43. The summed E-state index contributed by atoms with van der Waals surface area (Å²) in [5.74, 6) is -0.158. The summed E-state index contributed by atoms with van der Waals surface area (Å²) in [7, 11) is 0. The van der Waals surface area contributed by atoms with Crippen molar-refractivity contribution in [3.8, 4) is 0 Å². The molecule has 2 amide bonds. The molecule has 0 fully saturated rings. The molecule has 5 heteroatoms. The van der Waals surface area contributed by atoms with Gasteiger partial charge in [-0.15, -0.1) is 0 Å². The van der Waals surface area contributed by atoms with Gasteiger partial charge in [-0.05, 0) is 52.0 Å². The summed E-state index contributed by atoms with van der Waals surface area (Å²) in [6.45, 7) is 8.50. The first kappa shape index (κ1) is 16.0. The van der Waals surface area contributed by atoms with E-state index < -0.39 is 0 Å². The van der Waals surface area contributed by atoms with E-state index in [0.717, 1.165) is 5.69 Å². The van der Waals surface area contributed by atoms with Crippen molar-refractivity contribution in [1.29, 1.82) is 0 Å². The maximum absolute atomic E-state index is 11.7. The molecule has 0 aliphatic rings. The van der Waals surface area contributed by atoms with E-state index in [4.69, 9.17) is 0 Å². The number of hydrogen-bond donors (Lipinski definition) is 3. The fourth-order valence-electron chi connectivity index (χ4n) is 1.65. The van der Waals surface area contributed by atoms with Crippen LogP contribution >= 0.6 is 0 Å². The Kier molecular flexibility index (Phi) is 5.55. The lowest BCUT2D eigenvalue weighted by molar-refractivity contribution is -0.120. The molecule has 0 spiro atoms. The van der Waals surface area contributed by atoms with E-state index in [9.17, 15) is 9.59 Å². The topological polar surface area (TPSA) is 70.2 Å². The first-order valence-electron chi connectivity index (χ1n) is 6.75. The van der Waals surface area contributed by atoms with Gasteiger partial charge in [-0.2, -0.15) is 0 Å². The minimum absolute atomic E-state index is 0.0645. The number of hydrogen-bond acceptors (Lipinski definition) is 3. The Morgan fingerprint density at radius 2 is 1.70 bits per heavy atom. The zero-order valence-corrected chi connectivity index (χ0v) is 12.5. The Hall–Kier alpha value is -2.04. The molecular formula is C15H23N3O2. The van der Waals surface area contributed by atoms with Gasteiger partial charge in [0.05, 0.1) is 6.54 Å². The number of benzene rings is 1. The maximum atomic E-state index is 11.7. The molecule has 0 radical (unpaired) electrons. The lowest BCUT2D eigenvalue weighted by atomic mass is 10.1. The van der Waals surface area contributed by atoms with Gasteiger partial charge in [0, 0.05) is 23.3 Å². The predicted octanol–water partition coefficient (Wildman–Crippen LogP) is 1.76. The molecule has 20 heavy (non-hydrogen) atoms. The molecule has 0 unspecified atom stereocenters. The third-order valence-corrected chi connectivity index (χ3v) is 2.45. The largest absolute Gasteiger partial charge is 0.376 e. The normalized spacial score (nSPS) is 10.8. The van der Waals surface area contributed by atoms with E-state index in [0.29, 0.717) is 12.1 Å². The third kappa shape index (κ3) is 5.73. The van der Waals surface area contributed by atoms with Crippen LogP contribution in [0.25, 0.3) is 0 Å². The predicted molar refractivity (Wildman–Crippen MR) is 80.8 cm³/mol. The van der Waals surface area contributed by atoms with Gasteiger partial charge < -0.3 is 16.0 Å². The zero-order chi connectivity index (χ0) is 15.2. The Morgan fingerprint density at radius 3 is 2.20 bits per heavy atom. The SMILES string of the molecule is CCNC(=O)c1ccc(NCC(=O)NC(C)(C)C)cc1. The molecule has 1 aromatic rings. The number of nitrogens with one attached hydrogen (secondary N) is 3. The van der Waals surface area contributed by atoms with Crippen LogP contribution in [0.2, 0.25) is 0 Å². The van der Waals surface area contributed by atoms with E-state index in [-0.39, 0.29) is 23.9 Å². The summed E-state index contributed by atoms with van der Waals surface area (Å²) in [5, 5.41) is 8.63. The molecule has 0 saturated heterocycles. The molecule has 0 aliphatic carbocycles. The monoisotopic (exact) mass is 277 g/mol. The van der Waals surface area contributed by atoms with E-state index in [1.807, 2.05) is 27.7 Å². The highest BCUT2D eigenvalue weighted by Crippen LogP contribution is 2.09. The molecule has 0 atom stereocenters. The molecule has 3 N–H and O–H groups in total. The minimum Gasteiger partial charge on any atom is -0.376 e. The van der Waals surface area contributed by atoms with Crippen LogP contribution in [0.3, 0.4) is 0 Å². The second kappa shape index (κ2) is 6.93. The van der Waals surface area contributed by atoms with Crippen LogP contribution in [0, 0.1) is 0 Å². The number of amides is 2. The van der Waals surface area contributed by atoms with Crippen molar-refractivity contribution in [3.63, 3.8) is 0 Å². The van der Waals surface area contributed by atoms with Crippen LogP contribution < -0.4 is 16.0 Å². The minimum atomic E-state index is -0.235. The second-order valence-corrected chi connectivity index (χ2v) is 5.59. The quantitative estimate of drug-likeness (QED) is 0.768. The molecule has 1 aromatic carbocycles. The summed E-state index contributed by atoms with van der Waals surface area (Å²) in [5.41, 5.74) is 1.18. The van der Waals surface area contributed by atoms with Crippen LogP contribution in [0.4, 0.5) is 5.69 Å². The van der Waals surface area contributed by atoms with Crippen molar-refractivity contribution >= 4 is 17.5 Å². The molecule has 0 heterocycles. The van der Waals surface area contributed by atoms with Crippen molar-refractivity contribution in [3.05, 3.63) is 29.8 Å². The van der Waals surface area contributed by atoms with Crippen molar-refractivity contribution in [2.45, 2.75) is 33.2 Å². The molecule has 0 bridgehead atoms. The van der Waals surface area contributed by atoms with Gasteiger partial charge in [-0.1, -0.05) is 0 Å². The van der Waals surface area contributed by atoms with Crippen LogP contribution in [-0.4, -0.2) is 30.4 Å². The highest BCUT2D eigenvalue weighted by Gasteiger charge is 2.13. The number of anilines is 1. The standard InChI is InChI=1S/C15H23N3O2/c1-5-16-14(20)11-6-8-12(9-7-11)17-10-13(19)18-15(2,3)4/h6-9,17H,5,10H2,1-4H3,(H,16,20)(H,18,19). The number of carbonyl (C=O) groups is 2. The van der Waals surface area contributed by atoms with Crippen LogP contribution in [0.5, 0.6) is 0 Å². The van der Waals surface area contributed by atoms with Crippen LogP contribution in [0.1, 0.15) is 38.1 Å². The average molecular weight is 277 g/mol. The second-order valence-electron chi connectivity index (χ2n) is 5.59. The summed E-state index contributed by atoms with van der Waals surface area (Å²) < 4.78 is 0. The highest BCUT2D eigenvalue weighted by molar-refractivity contribution is 5.94. The van der Waals surface area contributed by atoms with E-state index in [1.165, 1.54) is 0 Å². The third-order valence-electron chi connectivity index (χ3n) is 2.45. The van der Waals surface area contributed by atoms with Gasteiger partial charge >= 0.3 is 0 Å². The van der Waals surface area contributed by atoms with Crippen molar-refractivity contribution in [2.24, 2.45) is 0 Å². The molecule has 1 rings (SSSR count). The molecule has 5 nitrogen and oxygen atoms in total. The summed E-state index contributed by atoms with van der Waals surface area (Å²) in [6, 6.07) is 7.04. The Bertz CT molecular complexity index is 461. The van der Waals surface area contributed by atoms with Gasteiger partial charge in [0.25, 0.3) is 5.91 Å². The van der Waals surface area contributed by atoms with Crippen LogP contribution in [0.15, 0.2) is 24.3 Å². The maximum Gasteiger partial charge on any atom is 0.251 e. The summed E-state index contributed by atoms with van der Waals surface area (Å²) in [6.07, 6.45) is 0. The van der Waals surface area contributed by atoms with E-state index in [1.54, 1.807) is 24.3 Å². The molecule has 0 aliphatic heterocycles. The average Bonchev–Trinajstić information content (AvgIpc) is 2.35. The van der Waals surface area contributed by atoms with Gasteiger partial charge in [0.1, 0.15) is 0 Å². The Labute approximate surface area is 120 Å². The first-order valence-corrected chi connectivity index (χ1v) is 6.75. The van der Waals surface area contributed by atoms with Crippen molar-refractivity contribution in [2.75, 3.05) is 18.4 Å². The summed E-state index contributed by atoms with van der Waals surface area (Å²) in [4.78, 5) is 23.2. The van der Waals surface area contributed by atoms with Gasteiger partial charge in [-0.25, -0.2) is 0 Å². The Balaban J connectivity index is 2.50. The lowest BCUT2D eigenvalue weighted by Gasteiger charge is -2.20. The van der Waals surface area contributed by atoms with Crippen molar-refractivity contribution in [1.82, 2.24) is 10.6 Å². The molecule has 110 valence electrons. The zero-order valence-electron chi connectivity index (χ0n) is 12.5. The Morgan fingerprint density at radius 1 is 1.10 bits per heavy atom. The number of rotatable bonds is 5. The molecule has 0 aromatic heterocycles.